The topological polar surface area (TPSA) is 71.1 Å². The maximum atomic E-state index is 13.4. The molecule has 0 amide bonds. The van der Waals surface area contributed by atoms with E-state index in [0.29, 0.717) is 6.54 Å². The Labute approximate surface area is 130 Å². The maximum absolute atomic E-state index is 13.4. The maximum Gasteiger partial charge on any atom is 0.279 e. The lowest BCUT2D eigenvalue weighted by Crippen LogP contribution is -2.15. The lowest BCUT2D eigenvalue weighted by Gasteiger charge is -2.08. The first-order chi connectivity index (χ1) is 9.92. The van der Waals surface area contributed by atoms with Crippen LogP contribution in [0.1, 0.15) is 5.56 Å². The third-order valence-corrected chi connectivity index (χ3v) is 4.57. The van der Waals surface area contributed by atoms with Gasteiger partial charge in [0.1, 0.15) is 5.82 Å². The Morgan fingerprint density at radius 1 is 1.29 bits per heavy atom. The molecule has 8 heteroatoms. The Morgan fingerprint density at radius 2 is 2.05 bits per heavy atom. The van der Waals surface area contributed by atoms with Gasteiger partial charge in [-0.1, -0.05) is 6.07 Å². The molecule has 0 fully saturated rings. The minimum atomic E-state index is -3.84. The van der Waals surface area contributed by atoms with Crippen LogP contribution in [0.4, 0.5) is 10.1 Å². The molecule has 21 heavy (non-hydrogen) atoms. The molecule has 1 aromatic carbocycles. The summed E-state index contributed by atoms with van der Waals surface area (Å²) in [6.07, 6.45) is 1.48. The van der Waals surface area contributed by atoms with E-state index in [1.807, 2.05) is 0 Å². The van der Waals surface area contributed by atoms with Crippen molar-refractivity contribution in [3.63, 3.8) is 0 Å². The highest BCUT2D eigenvalue weighted by Crippen LogP contribution is 2.21. The van der Waals surface area contributed by atoms with E-state index in [0.717, 1.165) is 11.6 Å². The monoisotopic (exact) mass is 373 g/mol. The molecule has 0 aliphatic rings. The van der Waals surface area contributed by atoms with E-state index in [1.165, 1.54) is 24.4 Å². The van der Waals surface area contributed by atoms with E-state index in [9.17, 15) is 12.8 Å². The molecule has 0 spiro atoms. The van der Waals surface area contributed by atoms with Gasteiger partial charge in [-0.25, -0.2) is 9.37 Å². The number of nitrogens with zero attached hydrogens (tertiary/aromatic N) is 1. The van der Waals surface area contributed by atoms with Crippen molar-refractivity contribution in [1.82, 2.24) is 10.3 Å². The van der Waals surface area contributed by atoms with Gasteiger partial charge in [-0.15, -0.1) is 0 Å². The van der Waals surface area contributed by atoms with Crippen LogP contribution in [0.15, 0.2) is 46.0 Å². The van der Waals surface area contributed by atoms with Gasteiger partial charge in [0.05, 0.1) is 10.2 Å². The number of pyridine rings is 1. The molecule has 0 unspecified atom stereocenters. The number of halogens is 2. The van der Waals surface area contributed by atoms with Crippen LogP contribution in [0.25, 0.3) is 0 Å². The van der Waals surface area contributed by atoms with Crippen LogP contribution < -0.4 is 10.0 Å². The predicted octanol–water partition coefficient (Wildman–Crippen LogP) is 2.50. The number of nitrogens with one attached hydrogen (secondary N) is 2. The van der Waals surface area contributed by atoms with Crippen LogP contribution in [0, 0.1) is 5.82 Å². The molecule has 2 aromatic rings. The van der Waals surface area contributed by atoms with Crippen molar-refractivity contribution in [1.29, 1.82) is 0 Å². The van der Waals surface area contributed by atoms with Crippen LogP contribution in [0.3, 0.4) is 0 Å². The normalized spacial score (nSPS) is 11.4. The van der Waals surface area contributed by atoms with Crippen LogP contribution in [-0.2, 0) is 16.6 Å². The number of hydrogen-bond acceptors (Lipinski definition) is 4. The van der Waals surface area contributed by atoms with Gasteiger partial charge in [-0.05, 0) is 52.8 Å². The molecule has 2 rings (SSSR count). The number of hydrogen-bond donors (Lipinski definition) is 2. The van der Waals surface area contributed by atoms with Crippen LogP contribution >= 0.6 is 15.9 Å². The highest BCUT2D eigenvalue weighted by molar-refractivity contribution is 9.10. The minimum Gasteiger partial charge on any atom is -0.316 e. The summed E-state index contributed by atoms with van der Waals surface area (Å²) in [4.78, 5) is 3.91. The fourth-order valence-electron chi connectivity index (χ4n) is 1.65. The average molecular weight is 374 g/mol. The summed E-state index contributed by atoms with van der Waals surface area (Å²) < 4.78 is 40.2. The molecule has 0 atom stereocenters. The third kappa shape index (κ3) is 3.99. The Morgan fingerprint density at radius 3 is 2.62 bits per heavy atom. The van der Waals surface area contributed by atoms with Crippen molar-refractivity contribution < 1.29 is 12.8 Å². The smallest absolute Gasteiger partial charge is 0.279 e. The highest BCUT2D eigenvalue weighted by atomic mass is 79.9. The number of anilines is 1. The van der Waals surface area contributed by atoms with Gasteiger partial charge in [0.25, 0.3) is 10.0 Å². The van der Waals surface area contributed by atoms with Gasteiger partial charge in [-0.2, -0.15) is 8.42 Å². The van der Waals surface area contributed by atoms with Crippen molar-refractivity contribution in [3.05, 3.63) is 52.4 Å². The molecule has 0 saturated carbocycles. The van der Waals surface area contributed by atoms with Crippen molar-refractivity contribution in [2.75, 3.05) is 11.8 Å². The first-order valence-electron chi connectivity index (χ1n) is 6.00. The molecule has 5 nitrogen and oxygen atoms in total. The molecule has 1 aromatic heterocycles. The summed E-state index contributed by atoms with van der Waals surface area (Å²) in [6.45, 7) is 0.596. The molecular weight excluding hydrogens is 361 g/mol. The van der Waals surface area contributed by atoms with Gasteiger partial charge < -0.3 is 5.32 Å². The van der Waals surface area contributed by atoms with Crippen LogP contribution in [0.5, 0.6) is 0 Å². The van der Waals surface area contributed by atoms with E-state index in [4.69, 9.17) is 0 Å². The Bertz CT molecular complexity index is 736. The van der Waals surface area contributed by atoms with Gasteiger partial charge in [0, 0.05) is 12.7 Å². The van der Waals surface area contributed by atoms with Crippen LogP contribution in [0.2, 0.25) is 0 Å². The number of rotatable bonds is 5. The largest absolute Gasteiger partial charge is 0.316 e. The second-order valence-corrected chi connectivity index (χ2v) is 6.75. The Kier molecular flexibility index (Phi) is 4.92. The van der Waals surface area contributed by atoms with Gasteiger partial charge in [0.15, 0.2) is 5.03 Å². The van der Waals surface area contributed by atoms with E-state index in [2.05, 4.69) is 31.0 Å². The summed E-state index contributed by atoms with van der Waals surface area (Å²) in [7, 11) is -2.05. The first kappa shape index (κ1) is 15.9. The van der Waals surface area contributed by atoms with Gasteiger partial charge in [0.2, 0.25) is 0 Å². The highest BCUT2D eigenvalue weighted by Gasteiger charge is 2.16. The molecule has 0 aliphatic carbocycles. The fourth-order valence-corrected chi connectivity index (χ4v) is 2.87. The van der Waals surface area contributed by atoms with Crippen molar-refractivity contribution >= 4 is 31.6 Å². The van der Waals surface area contributed by atoms with Gasteiger partial charge in [-0.3, -0.25) is 4.72 Å². The van der Waals surface area contributed by atoms with E-state index in [-0.39, 0.29) is 15.2 Å². The number of sulfonamides is 1. The molecule has 112 valence electrons. The summed E-state index contributed by atoms with van der Waals surface area (Å²) in [6, 6.07) is 7.05. The lowest BCUT2D eigenvalue weighted by atomic mass is 10.3. The summed E-state index contributed by atoms with van der Waals surface area (Å²) in [5.74, 6) is -0.549. The van der Waals surface area contributed by atoms with Crippen LogP contribution in [-0.4, -0.2) is 20.4 Å². The van der Waals surface area contributed by atoms with Crippen molar-refractivity contribution in [3.8, 4) is 0 Å². The zero-order valence-electron chi connectivity index (χ0n) is 11.1. The third-order valence-electron chi connectivity index (χ3n) is 2.63. The Hall–Kier alpha value is -1.51. The molecule has 0 aliphatic heterocycles. The molecule has 0 bridgehead atoms. The SMILES string of the molecule is CNCc1ccc(S(=O)(=O)Nc2ccc(Br)c(F)c2)nc1. The minimum absolute atomic E-state index is 0.120. The first-order valence-corrected chi connectivity index (χ1v) is 8.27. The molecular formula is C13H13BrFN3O2S. The van der Waals surface area contributed by atoms with E-state index in [1.54, 1.807) is 13.1 Å². The Balaban J connectivity index is 2.23. The van der Waals surface area contributed by atoms with E-state index >= 15 is 0 Å². The summed E-state index contributed by atoms with van der Waals surface area (Å²) in [5, 5.41) is 2.82. The summed E-state index contributed by atoms with van der Waals surface area (Å²) in [5.41, 5.74) is 1.00. The predicted molar refractivity (Wildman–Crippen MR) is 81.9 cm³/mol. The van der Waals surface area contributed by atoms with E-state index < -0.39 is 15.8 Å². The lowest BCUT2D eigenvalue weighted by molar-refractivity contribution is 0.597. The second kappa shape index (κ2) is 6.50. The quantitative estimate of drug-likeness (QED) is 0.844. The number of benzene rings is 1. The average Bonchev–Trinajstić information content (AvgIpc) is 2.44. The van der Waals surface area contributed by atoms with Gasteiger partial charge >= 0.3 is 0 Å². The van der Waals surface area contributed by atoms with Crippen molar-refractivity contribution in [2.45, 2.75) is 11.6 Å². The zero-order chi connectivity index (χ0) is 15.5. The fraction of sp³-hybridized carbons (Fsp3) is 0.154. The van der Waals surface area contributed by atoms with Crippen molar-refractivity contribution in [2.24, 2.45) is 0 Å². The molecule has 0 saturated heterocycles. The second-order valence-electron chi connectivity index (χ2n) is 4.27. The molecule has 1 heterocycles. The number of aromatic nitrogens is 1. The zero-order valence-corrected chi connectivity index (χ0v) is 13.5. The molecule has 0 radical (unpaired) electrons. The molecule has 2 N–H and O–H groups in total. The summed E-state index contributed by atoms with van der Waals surface area (Å²) >= 11 is 3.01. The standard InChI is InChI=1S/C13H13BrFN3O2S/c1-16-7-9-2-5-13(17-8-9)21(19,20)18-10-3-4-11(14)12(15)6-10/h2-6,8,16,18H,7H2,1H3.